The number of aromatic nitrogens is 2. The molecule has 4 rings (SSSR count). The molecule has 2 fully saturated rings. The van der Waals surface area contributed by atoms with Crippen LogP contribution >= 0.6 is 0 Å². The second-order valence-corrected chi connectivity index (χ2v) is 14.5. The smallest absolute Gasteiger partial charge is 0.405 e. The number of alkyl halides is 3. The Morgan fingerprint density at radius 2 is 1.67 bits per heavy atom. The first-order valence-electron chi connectivity index (χ1n) is 18.4. The molecule has 1 heterocycles. The third-order valence-electron chi connectivity index (χ3n) is 10.3. The van der Waals surface area contributed by atoms with Crippen LogP contribution < -0.4 is 26.0 Å². The van der Waals surface area contributed by atoms with Crippen molar-refractivity contribution in [2.45, 2.75) is 136 Å². The highest BCUT2D eigenvalue weighted by molar-refractivity contribution is 5.42. The van der Waals surface area contributed by atoms with Crippen molar-refractivity contribution < 1.29 is 22.3 Å². The molecule has 0 aliphatic heterocycles. The van der Waals surface area contributed by atoms with Crippen molar-refractivity contribution in [2.24, 2.45) is 23.7 Å². The molecule has 0 amide bonds. The third kappa shape index (κ3) is 12.7. The molecule has 2 aliphatic rings. The molecule has 1 aromatic heterocycles. The Bertz CT molecular complexity index is 1220. The van der Waals surface area contributed by atoms with E-state index >= 15 is 0 Å². The molecule has 1 aromatic carbocycles. The van der Waals surface area contributed by atoms with Crippen LogP contribution in [0, 0.1) is 29.5 Å². The highest BCUT2D eigenvalue weighted by atomic mass is 19.4. The molecule has 1 unspecified atom stereocenters. The van der Waals surface area contributed by atoms with Gasteiger partial charge in [-0.2, -0.15) is 4.98 Å². The second-order valence-electron chi connectivity index (χ2n) is 14.5. The minimum absolute atomic E-state index is 0.0132. The number of anilines is 2. The molecular formula is C37H58F4N6O. The van der Waals surface area contributed by atoms with Gasteiger partial charge in [0.1, 0.15) is 5.75 Å². The largest absolute Gasteiger partial charge is 0.573 e. The lowest BCUT2D eigenvalue weighted by Crippen LogP contribution is -2.44. The van der Waals surface area contributed by atoms with Crippen LogP contribution in [0.5, 0.6) is 5.75 Å². The molecule has 0 radical (unpaired) electrons. The summed E-state index contributed by atoms with van der Waals surface area (Å²) in [6.07, 6.45) is 11.3. The van der Waals surface area contributed by atoms with Crippen LogP contribution in [0.25, 0.3) is 0 Å². The van der Waals surface area contributed by atoms with Gasteiger partial charge in [0.25, 0.3) is 0 Å². The summed E-state index contributed by atoms with van der Waals surface area (Å²) in [4.78, 5) is 8.20. The topological polar surface area (TPSA) is 83.1 Å². The number of halogens is 4. The molecule has 0 saturated heterocycles. The zero-order valence-electron chi connectivity index (χ0n) is 29.3. The summed E-state index contributed by atoms with van der Waals surface area (Å²) in [6, 6.07) is 7.81. The first-order valence-corrected chi connectivity index (χ1v) is 18.4. The Kier molecular flexibility index (Phi) is 15.0. The number of hydrogen-bond donors (Lipinski definition) is 4. The Hall–Kier alpha value is -2.66. The van der Waals surface area contributed by atoms with E-state index < -0.39 is 12.2 Å². The SMILES string of the molecule is CCCC(CCC)N[C@H]1CC[C@@H](CN[C@@H]2CCC(C[C@H](C)CNc3nc(NCc4ccccc4OC(F)(F)F)ncc3F)C[C@H]2C)CC1. The fraction of sp³-hybridized carbons (Fsp3) is 0.730. The van der Waals surface area contributed by atoms with Gasteiger partial charge in [0.15, 0.2) is 11.6 Å². The maximum atomic E-state index is 14.5. The van der Waals surface area contributed by atoms with Crippen molar-refractivity contribution in [3.8, 4) is 5.75 Å². The third-order valence-corrected chi connectivity index (χ3v) is 10.3. The van der Waals surface area contributed by atoms with Crippen molar-refractivity contribution in [2.75, 3.05) is 23.7 Å². The number of nitrogens with one attached hydrogen (secondary N) is 4. The van der Waals surface area contributed by atoms with Gasteiger partial charge in [-0.15, -0.1) is 13.2 Å². The predicted molar refractivity (Wildman–Crippen MR) is 185 cm³/mol. The summed E-state index contributed by atoms with van der Waals surface area (Å²) >= 11 is 0. The number of hydrogen-bond acceptors (Lipinski definition) is 7. The van der Waals surface area contributed by atoms with Crippen LogP contribution in [0.15, 0.2) is 30.5 Å². The standard InChI is InChI=1S/C37H58F4N6O/c1-5-9-30(10-6-2)46-31-16-13-27(14-17-31)22-42-33-18-15-28(20-26(33)4)19-25(3)21-43-35-32(38)24-45-36(47-35)44-23-29-11-7-8-12-34(29)48-37(39,40)41/h7-8,11-12,24-28,30-31,33,42,46H,5-6,9-10,13-23H2,1-4H3,(H2,43,44,45,47)/t25-,26+,27-,28?,31+,33+/m0/s1. The first-order chi connectivity index (χ1) is 23.0. The van der Waals surface area contributed by atoms with E-state index in [0.29, 0.717) is 42.4 Å². The molecule has 0 spiro atoms. The molecule has 2 aliphatic carbocycles. The van der Waals surface area contributed by atoms with Crippen LogP contribution in [0.2, 0.25) is 0 Å². The number of ether oxygens (including phenoxy) is 1. The van der Waals surface area contributed by atoms with E-state index in [-0.39, 0.29) is 29.6 Å². The maximum Gasteiger partial charge on any atom is 0.573 e. The quantitative estimate of drug-likeness (QED) is 0.117. The van der Waals surface area contributed by atoms with Crippen LogP contribution in [-0.2, 0) is 6.54 Å². The molecule has 7 nitrogen and oxygen atoms in total. The molecule has 0 bridgehead atoms. The van der Waals surface area contributed by atoms with E-state index in [0.717, 1.165) is 25.1 Å². The van der Waals surface area contributed by atoms with Gasteiger partial charge >= 0.3 is 6.36 Å². The zero-order chi connectivity index (χ0) is 34.5. The van der Waals surface area contributed by atoms with Crippen LogP contribution in [-0.4, -0.2) is 47.5 Å². The monoisotopic (exact) mass is 678 g/mol. The first kappa shape index (κ1) is 38.1. The molecular weight excluding hydrogens is 620 g/mol. The van der Waals surface area contributed by atoms with Gasteiger partial charge in [-0.1, -0.05) is 58.7 Å². The summed E-state index contributed by atoms with van der Waals surface area (Å²) in [5, 5.41) is 13.9. The minimum Gasteiger partial charge on any atom is -0.405 e. The van der Waals surface area contributed by atoms with E-state index in [2.05, 4.69) is 63.7 Å². The van der Waals surface area contributed by atoms with Crippen molar-refractivity contribution in [1.82, 2.24) is 20.6 Å². The van der Waals surface area contributed by atoms with E-state index in [9.17, 15) is 17.6 Å². The van der Waals surface area contributed by atoms with Gasteiger partial charge in [-0.25, -0.2) is 9.37 Å². The lowest BCUT2D eigenvalue weighted by Gasteiger charge is -2.38. The average molecular weight is 679 g/mol. The predicted octanol–water partition coefficient (Wildman–Crippen LogP) is 9.08. The molecule has 2 aromatic rings. The number of benzene rings is 1. The van der Waals surface area contributed by atoms with Crippen molar-refractivity contribution in [3.05, 3.63) is 41.8 Å². The normalized spacial score (nSPS) is 24.0. The Balaban J connectivity index is 1.15. The van der Waals surface area contributed by atoms with Gasteiger partial charge in [0.05, 0.1) is 6.20 Å². The van der Waals surface area contributed by atoms with E-state index in [1.807, 2.05) is 0 Å². The molecule has 4 atom stereocenters. The fourth-order valence-electron chi connectivity index (χ4n) is 7.77. The zero-order valence-corrected chi connectivity index (χ0v) is 29.3. The fourth-order valence-corrected chi connectivity index (χ4v) is 7.77. The van der Waals surface area contributed by atoms with Gasteiger partial charge in [-0.05, 0) is 100 Å². The van der Waals surface area contributed by atoms with Crippen molar-refractivity contribution >= 4 is 11.8 Å². The van der Waals surface area contributed by atoms with Gasteiger partial charge in [0.2, 0.25) is 5.95 Å². The summed E-state index contributed by atoms with van der Waals surface area (Å²) < 4.78 is 56.9. The van der Waals surface area contributed by atoms with Gasteiger partial charge in [0, 0.05) is 36.8 Å². The molecule has 2 saturated carbocycles. The van der Waals surface area contributed by atoms with E-state index in [4.69, 9.17) is 0 Å². The average Bonchev–Trinajstić information content (AvgIpc) is 3.04. The lowest BCUT2D eigenvalue weighted by atomic mass is 9.75. The Labute approximate surface area is 285 Å². The maximum absolute atomic E-state index is 14.5. The van der Waals surface area contributed by atoms with E-state index in [1.54, 1.807) is 6.07 Å². The van der Waals surface area contributed by atoms with E-state index in [1.165, 1.54) is 88.8 Å². The van der Waals surface area contributed by atoms with Crippen LogP contribution in [0.4, 0.5) is 29.3 Å². The van der Waals surface area contributed by atoms with Crippen molar-refractivity contribution in [3.63, 3.8) is 0 Å². The minimum atomic E-state index is -4.80. The summed E-state index contributed by atoms with van der Waals surface area (Å²) in [6.45, 7) is 10.8. The molecule has 48 heavy (non-hydrogen) atoms. The molecule has 4 N–H and O–H groups in total. The Morgan fingerprint density at radius 3 is 2.35 bits per heavy atom. The van der Waals surface area contributed by atoms with Crippen molar-refractivity contribution in [1.29, 1.82) is 0 Å². The van der Waals surface area contributed by atoms with Gasteiger partial charge < -0.3 is 26.0 Å². The Morgan fingerprint density at radius 1 is 0.958 bits per heavy atom. The lowest BCUT2D eigenvalue weighted by molar-refractivity contribution is -0.274. The van der Waals surface area contributed by atoms with Gasteiger partial charge in [-0.3, -0.25) is 0 Å². The highest BCUT2D eigenvalue weighted by Gasteiger charge is 2.32. The number of rotatable bonds is 18. The second kappa shape index (κ2) is 18.9. The highest BCUT2D eigenvalue weighted by Crippen LogP contribution is 2.34. The summed E-state index contributed by atoms with van der Waals surface area (Å²) in [5.41, 5.74) is 0.281. The number of para-hydroxylation sites is 1. The van der Waals surface area contributed by atoms with Crippen LogP contribution in [0.3, 0.4) is 0 Å². The molecule has 11 heteroatoms. The molecule has 270 valence electrons. The van der Waals surface area contributed by atoms with Crippen LogP contribution in [0.1, 0.15) is 110 Å². The summed E-state index contributed by atoms with van der Waals surface area (Å²) in [7, 11) is 0. The number of nitrogens with zero attached hydrogens (tertiary/aromatic N) is 2. The summed E-state index contributed by atoms with van der Waals surface area (Å²) in [5.74, 6) is 1.69.